The molecular formula is C18H19NO4. The highest BCUT2D eigenvalue weighted by Gasteiger charge is 2.47. The number of ether oxygens (including phenoxy) is 2. The van der Waals surface area contributed by atoms with E-state index >= 15 is 0 Å². The normalized spacial score (nSPS) is 21.3. The molecule has 4 rings (SSSR count). The first kappa shape index (κ1) is 14.2. The van der Waals surface area contributed by atoms with Crippen LogP contribution in [0.1, 0.15) is 30.6 Å². The molecule has 1 aromatic heterocycles. The molecule has 2 aliphatic rings. The summed E-state index contributed by atoms with van der Waals surface area (Å²) < 4.78 is 16.4. The zero-order valence-corrected chi connectivity index (χ0v) is 13.0. The molecule has 1 aliphatic heterocycles. The van der Waals surface area contributed by atoms with Crippen molar-refractivity contribution in [3.8, 4) is 11.5 Å². The number of carbonyl (C=O) groups excluding carboxylic acids is 1. The van der Waals surface area contributed by atoms with E-state index in [1.54, 1.807) is 6.26 Å². The van der Waals surface area contributed by atoms with Gasteiger partial charge in [-0.1, -0.05) is 12.1 Å². The fraction of sp³-hybridized carbons (Fsp3) is 0.389. The largest absolute Gasteiger partial charge is 0.469 e. The van der Waals surface area contributed by atoms with Crippen LogP contribution in [0.15, 0.2) is 41.0 Å². The summed E-state index contributed by atoms with van der Waals surface area (Å²) in [7, 11) is 0. The molecule has 1 aliphatic carbocycles. The second kappa shape index (κ2) is 5.65. The zero-order valence-electron chi connectivity index (χ0n) is 13.0. The van der Waals surface area contributed by atoms with E-state index in [-0.39, 0.29) is 24.5 Å². The third-order valence-corrected chi connectivity index (χ3v) is 4.55. The summed E-state index contributed by atoms with van der Waals surface area (Å²) in [5.74, 6) is 2.88. The van der Waals surface area contributed by atoms with Crippen LogP contribution in [0, 0.1) is 5.92 Å². The first-order valence-corrected chi connectivity index (χ1v) is 7.97. The van der Waals surface area contributed by atoms with Crippen LogP contribution in [0.2, 0.25) is 0 Å². The standard InChI is InChI=1S/C18H19NO4/c1-2-19(10-12-5-3-6-16-17(12)23-11-22-16)18(20)14-9-13(14)15-7-4-8-21-15/h3-8,13-14H,2,9-11H2,1H3/t13-,14+/m1/s1. The summed E-state index contributed by atoms with van der Waals surface area (Å²) in [6, 6.07) is 9.63. The predicted octanol–water partition coefficient (Wildman–Crippen LogP) is 3.16. The van der Waals surface area contributed by atoms with Gasteiger partial charge in [-0.2, -0.15) is 0 Å². The molecule has 5 heteroatoms. The quantitative estimate of drug-likeness (QED) is 0.851. The second-order valence-corrected chi connectivity index (χ2v) is 5.97. The molecule has 0 saturated heterocycles. The van der Waals surface area contributed by atoms with Crippen molar-refractivity contribution in [3.05, 3.63) is 47.9 Å². The lowest BCUT2D eigenvalue weighted by molar-refractivity contribution is -0.133. The number of furan rings is 1. The molecule has 2 aromatic rings. The molecule has 2 heterocycles. The van der Waals surface area contributed by atoms with E-state index in [1.165, 1.54) is 0 Å². The van der Waals surface area contributed by atoms with Crippen molar-refractivity contribution in [1.29, 1.82) is 0 Å². The molecule has 120 valence electrons. The average Bonchev–Trinajstić information content (AvgIpc) is 3.00. The Hall–Kier alpha value is -2.43. The highest BCUT2D eigenvalue weighted by molar-refractivity contribution is 5.83. The fourth-order valence-corrected chi connectivity index (χ4v) is 3.19. The predicted molar refractivity (Wildman–Crippen MR) is 83.2 cm³/mol. The van der Waals surface area contributed by atoms with E-state index < -0.39 is 0 Å². The summed E-state index contributed by atoms with van der Waals surface area (Å²) in [5, 5.41) is 0. The number of benzene rings is 1. The number of hydrogen-bond acceptors (Lipinski definition) is 4. The number of para-hydroxylation sites is 1. The third kappa shape index (κ3) is 2.56. The van der Waals surface area contributed by atoms with Crippen molar-refractivity contribution in [2.75, 3.05) is 13.3 Å². The molecule has 2 atom stereocenters. The topological polar surface area (TPSA) is 51.9 Å². The van der Waals surface area contributed by atoms with Crippen LogP contribution >= 0.6 is 0 Å². The maximum atomic E-state index is 12.8. The number of hydrogen-bond donors (Lipinski definition) is 0. The second-order valence-electron chi connectivity index (χ2n) is 5.97. The van der Waals surface area contributed by atoms with Gasteiger partial charge in [0.1, 0.15) is 5.76 Å². The summed E-state index contributed by atoms with van der Waals surface area (Å²) in [6.45, 7) is 3.46. The summed E-state index contributed by atoms with van der Waals surface area (Å²) in [4.78, 5) is 14.6. The van der Waals surface area contributed by atoms with Crippen LogP contribution in [0.5, 0.6) is 11.5 Å². The van der Waals surface area contributed by atoms with Crippen LogP contribution in [-0.4, -0.2) is 24.1 Å². The van der Waals surface area contributed by atoms with E-state index in [0.717, 1.165) is 29.2 Å². The summed E-state index contributed by atoms with van der Waals surface area (Å²) in [6.07, 6.45) is 2.53. The highest BCUT2D eigenvalue weighted by atomic mass is 16.7. The first-order valence-electron chi connectivity index (χ1n) is 7.97. The Morgan fingerprint density at radius 3 is 2.96 bits per heavy atom. The monoisotopic (exact) mass is 313 g/mol. The van der Waals surface area contributed by atoms with E-state index in [1.807, 2.05) is 42.2 Å². The molecule has 1 amide bonds. The van der Waals surface area contributed by atoms with Gasteiger partial charge < -0.3 is 18.8 Å². The van der Waals surface area contributed by atoms with Gasteiger partial charge in [0, 0.05) is 30.5 Å². The molecule has 23 heavy (non-hydrogen) atoms. The molecule has 0 unspecified atom stereocenters. The number of fused-ring (bicyclic) bond motifs is 1. The minimum atomic E-state index is 0.0371. The van der Waals surface area contributed by atoms with E-state index in [9.17, 15) is 4.79 Å². The first-order chi connectivity index (χ1) is 11.3. The molecule has 0 radical (unpaired) electrons. The van der Waals surface area contributed by atoms with Gasteiger partial charge in [0.2, 0.25) is 12.7 Å². The molecule has 0 bridgehead atoms. The smallest absolute Gasteiger partial charge is 0.231 e. The van der Waals surface area contributed by atoms with E-state index in [2.05, 4.69) is 0 Å². The Balaban J connectivity index is 1.47. The van der Waals surface area contributed by atoms with Gasteiger partial charge in [-0.15, -0.1) is 0 Å². The molecule has 0 N–H and O–H groups in total. The summed E-state index contributed by atoms with van der Waals surface area (Å²) >= 11 is 0. The minimum Gasteiger partial charge on any atom is -0.469 e. The van der Waals surface area contributed by atoms with Gasteiger partial charge in [0.05, 0.1) is 6.26 Å². The van der Waals surface area contributed by atoms with Crippen LogP contribution < -0.4 is 9.47 Å². The van der Waals surface area contributed by atoms with E-state index in [4.69, 9.17) is 13.9 Å². The maximum Gasteiger partial charge on any atom is 0.231 e. The molecular weight excluding hydrogens is 294 g/mol. The van der Waals surface area contributed by atoms with Crippen molar-refractivity contribution >= 4 is 5.91 Å². The lowest BCUT2D eigenvalue weighted by Crippen LogP contribution is -2.32. The van der Waals surface area contributed by atoms with Crippen LogP contribution in [0.3, 0.4) is 0 Å². The van der Waals surface area contributed by atoms with Crippen LogP contribution in [0.25, 0.3) is 0 Å². The van der Waals surface area contributed by atoms with Gasteiger partial charge in [-0.25, -0.2) is 0 Å². The minimum absolute atomic E-state index is 0.0371. The Morgan fingerprint density at radius 2 is 2.17 bits per heavy atom. The van der Waals surface area contributed by atoms with Crippen LogP contribution in [-0.2, 0) is 11.3 Å². The lowest BCUT2D eigenvalue weighted by Gasteiger charge is -2.22. The number of rotatable bonds is 5. The van der Waals surface area contributed by atoms with Crippen molar-refractivity contribution in [2.24, 2.45) is 5.92 Å². The van der Waals surface area contributed by atoms with Crippen molar-refractivity contribution in [2.45, 2.75) is 25.8 Å². The van der Waals surface area contributed by atoms with Gasteiger partial charge in [0.25, 0.3) is 0 Å². The lowest BCUT2D eigenvalue weighted by atomic mass is 10.1. The van der Waals surface area contributed by atoms with Gasteiger partial charge in [-0.05, 0) is 31.5 Å². The Morgan fingerprint density at radius 1 is 1.26 bits per heavy atom. The summed E-state index contributed by atoms with van der Waals surface area (Å²) in [5.41, 5.74) is 0.991. The van der Waals surface area contributed by atoms with Gasteiger partial charge in [0.15, 0.2) is 11.5 Å². The average molecular weight is 313 g/mol. The molecule has 1 fully saturated rings. The molecule has 1 aromatic carbocycles. The van der Waals surface area contributed by atoms with Crippen molar-refractivity contribution in [3.63, 3.8) is 0 Å². The highest BCUT2D eigenvalue weighted by Crippen LogP contribution is 2.49. The SMILES string of the molecule is CCN(Cc1cccc2c1OCO2)C(=O)[C@H]1C[C@H]1c1ccco1. The van der Waals surface area contributed by atoms with Crippen LogP contribution in [0.4, 0.5) is 0 Å². The van der Waals surface area contributed by atoms with E-state index in [0.29, 0.717) is 13.1 Å². The Bertz CT molecular complexity index is 710. The maximum absolute atomic E-state index is 12.8. The Labute approximate surface area is 134 Å². The molecule has 1 saturated carbocycles. The van der Waals surface area contributed by atoms with Gasteiger partial charge >= 0.3 is 0 Å². The Kier molecular flexibility index (Phi) is 3.48. The zero-order chi connectivity index (χ0) is 15.8. The fourth-order valence-electron chi connectivity index (χ4n) is 3.19. The number of carbonyl (C=O) groups is 1. The van der Waals surface area contributed by atoms with Crippen molar-refractivity contribution < 1.29 is 18.7 Å². The molecule has 0 spiro atoms. The number of nitrogens with zero attached hydrogens (tertiary/aromatic N) is 1. The van der Waals surface area contributed by atoms with Gasteiger partial charge in [-0.3, -0.25) is 4.79 Å². The van der Waals surface area contributed by atoms with Crippen molar-refractivity contribution in [1.82, 2.24) is 4.90 Å². The third-order valence-electron chi connectivity index (χ3n) is 4.55. The number of amides is 1. The molecule has 5 nitrogen and oxygen atoms in total.